The van der Waals surface area contributed by atoms with E-state index in [0.717, 1.165) is 28.7 Å². The van der Waals surface area contributed by atoms with Gasteiger partial charge >= 0.3 is 0 Å². The largest absolute Gasteiger partial charge is 0.302 e. The molecule has 376 valence electrons. The summed E-state index contributed by atoms with van der Waals surface area (Å²) in [6.45, 7) is 9.85. The lowest BCUT2D eigenvalue weighted by Crippen LogP contribution is -2.73. The first-order valence-electron chi connectivity index (χ1n) is 26.9. The molecule has 5 rings (SSSR count). The summed E-state index contributed by atoms with van der Waals surface area (Å²) in [5.74, 6) is -5.33. The number of rotatable bonds is 34. The van der Waals surface area contributed by atoms with Crippen molar-refractivity contribution in [1.29, 1.82) is 0 Å². The molecular formula is C65H80O6. The SMILES string of the molecule is CCCCC(Cc1ccccc1)C(=O)C(C=O)(Cc1ccccc1)C(C(=O)CCCc1ccccc1)(C(=O)C(CC)Cc1ccccc1)C(CCC)(C(=O)CCc1ccccc1)C(=O)C(CCC)CCC. The minimum atomic E-state index is -2.73. The number of Topliss-reactive ketones (excluding diaryl/α,β-unsaturated/α-hetero) is 5. The van der Waals surface area contributed by atoms with Crippen molar-refractivity contribution in [3.8, 4) is 0 Å². The lowest BCUT2D eigenvalue weighted by Gasteiger charge is -2.56. The van der Waals surface area contributed by atoms with Gasteiger partial charge in [-0.2, -0.15) is 0 Å². The fourth-order valence-corrected chi connectivity index (χ4v) is 11.8. The molecule has 0 aromatic heterocycles. The van der Waals surface area contributed by atoms with Crippen LogP contribution in [0.5, 0.6) is 0 Å². The second-order valence-corrected chi connectivity index (χ2v) is 20.0. The van der Waals surface area contributed by atoms with Crippen molar-refractivity contribution in [2.24, 2.45) is 34.0 Å². The van der Waals surface area contributed by atoms with E-state index in [1.807, 2.05) is 179 Å². The topological polar surface area (TPSA) is 102 Å². The molecule has 0 spiro atoms. The zero-order chi connectivity index (χ0) is 51.1. The predicted molar refractivity (Wildman–Crippen MR) is 288 cm³/mol. The molecule has 0 saturated heterocycles. The van der Waals surface area contributed by atoms with Crippen molar-refractivity contribution in [3.05, 3.63) is 179 Å². The summed E-state index contributed by atoms with van der Waals surface area (Å²) in [7, 11) is 0. The molecule has 0 amide bonds. The molecule has 0 fully saturated rings. The van der Waals surface area contributed by atoms with Gasteiger partial charge in [-0.05, 0) is 98.4 Å². The van der Waals surface area contributed by atoms with Crippen molar-refractivity contribution in [1.82, 2.24) is 0 Å². The molecule has 0 radical (unpaired) electrons. The molecule has 0 aliphatic carbocycles. The van der Waals surface area contributed by atoms with Crippen LogP contribution in [0.4, 0.5) is 0 Å². The number of ketones is 5. The maximum atomic E-state index is 17.5. The zero-order valence-corrected chi connectivity index (χ0v) is 43.4. The number of aldehydes is 1. The van der Waals surface area contributed by atoms with Crippen LogP contribution in [0.1, 0.15) is 146 Å². The predicted octanol–water partition coefficient (Wildman–Crippen LogP) is 14.2. The monoisotopic (exact) mass is 957 g/mol. The highest BCUT2D eigenvalue weighted by molar-refractivity contribution is 6.26. The number of hydrogen-bond donors (Lipinski definition) is 0. The van der Waals surface area contributed by atoms with Gasteiger partial charge in [-0.1, -0.05) is 218 Å². The molecule has 6 nitrogen and oxygen atoms in total. The van der Waals surface area contributed by atoms with Crippen LogP contribution < -0.4 is 0 Å². The Hall–Kier alpha value is -5.88. The standard InChI is InChI=1S/C65H80O6/c1-6-11-41-57(47-53-36-23-15-24-37-53)60(69)63(49-66,48-54-38-25-16-26-39-54)65(59(68)42-27-40-50-30-17-12-18-31-50,62(71)55(10-5)46-52-34-21-14-22-35-52)64(45-9-4,61(70)56(28-7-2)29-8-3)58(67)44-43-51-32-19-13-20-33-51/h12-26,30-39,49,55-57H,6-11,27-29,40-48H2,1-5H3. The van der Waals surface area contributed by atoms with Crippen LogP contribution in [0.2, 0.25) is 0 Å². The van der Waals surface area contributed by atoms with Crippen molar-refractivity contribution in [2.75, 3.05) is 0 Å². The maximum absolute atomic E-state index is 17.5. The van der Waals surface area contributed by atoms with Crippen molar-refractivity contribution in [3.63, 3.8) is 0 Å². The molecule has 5 aromatic carbocycles. The molecule has 5 aromatic rings. The molecule has 5 unspecified atom stereocenters. The molecule has 0 aliphatic rings. The van der Waals surface area contributed by atoms with E-state index in [2.05, 4.69) is 6.92 Å². The quantitative estimate of drug-likeness (QED) is 0.0301. The number of aryl methyl sites for hydroxylation is 2. The van der Waals surface area contributed by atoms with Gasteiger partial charge in [0.2, 0.25) is 0 Å². The summed E-state index contributed by atoms with van der Waals surface area (Å²) < 4.78 is 0. The Morgan fingerprint density at radius 1 is 0.437 bits per heavy atom. The van der Waals surface area contributed by atoms with Crippen molar-refractivity contribution < 1.29 is 28.8 Å². The molecule has 6 heteroatoms. The molecule has 0 N–H and O–H groups in total. The molecule has 5 atom stereocenters. The van der Waals surface area contributed by atoms with Crippen molar-refractivity contribution >= 4 is 35.2 Å². The van der Waals surface area contributed by atoms with E-state index in [1.54, 1.807) is 0 Å². The van der Waals surface area contributed by atoms with E-state index >= 15 is 28.8 Å². The third kappa shape index (κ3) is 13.2. The van der Waals surface area contributed by atoms with E-state index in [1.165, 1.54) is 0 Å². The lowest BCUT2D eigenvalue weighted by atomic mass is 9.39. The number of hydrogen-bond acceptors (Lipinski definition) is 6. The maximum Gasteiger partial charge on any atom is 0.152 e. The van der Waals surface area contributed by atoms with E-state index in [4.69, 9.17) is 0 Å². The Morgan fingerprint density at radius 3 is 1.35 bits per heavy atom. The summed E-state index contributed by atoms with van der Waals surface area (Å²) in [6, 6.07) is 47.8. The average Bonchev–Trinajstić information content (AvgIpc) is 3.41. The molecule has 0 aliphatic heterocycles. The van der Waals surface area contributed by atoms with Gasteiger partial charge in [0.25, 0.3) is 0 Å². The highest BCUT2D eigenvalue weighted by Gasteiger charge is 2.77. The van der Waals surface area contributed by atoms with Crippen LogP contribution in [-0.4, -0.2) is 35.2 Å². The molecule has 0 saturated carbocycles. The second kappa shape index (κ2) is 28.2. The van der Waals surface area contributed by atoms with Crippen LogP contribution in [-0.2, 0) is 60.9 Å². The zero-order valence-electron chi connectivity index (χ0n) is 43.4. The van der Waals surface area contributed by atoms with Crippen LogP contribution in [0, 0.1) is 34.0 Å². The first-order valence-corrected chi connectivity index (χ1v) is 26.9. The third-order valence-corrected chi connectivity index (χ3v) is 15.2. The van der Waals surface area contributed by atoms with Crippen LogP contribution in [0.25, 0.3) is 0 Å². The summed E-state index contributed by atoms with van der Waals surface area (Å²) in [4.78, 5) is 101. The summed E-state index contributed by atoms with van der Waals surface area (Å²) in [5, 5.41) is 0. The van der Waals surface area contributed by atoms with Gasteiger partial charge in [-0.15, -0.1) is 0 Å². The highest BCUT2D eigenvalue weighted by atomic mass is 16.2. The Kier molecular flexibility index (Phi) is 22.3. The normalized spacial score (nSPS) is 14.8. The Morgan fingerprint density at radius 2 is 0.901 bits per heavy atom. The Labute approximate surface area is 425 Å². The first kappa shape index (κ1) is 56.0. The van der Waals surface area contributed by atoms with Crippen LogP contribution in [0.3, 0.4) is 0 Å². The van der Waals surface area contributed by atoms with Crippen molar-refractivity contribution in [2.45, 2.75) is 150 Å². The summed E-state index contributed by atoms with van der Waals surface area (Å²) in [5.41, 5.74) is -3.47. The van der Waals surface area contributed by atoms with E-state index in [9.17, 15) is 0 Å². The second-order valence-electron chi connectivity index (χ2n) is 20.0. The van der Waals surface area contributed by atoms with Crippen LogP contribution in [0.15, 0.2) is 152 Å². The minimum absolute atomic E-state index is 0.166. The van der Waals surface area contributed by atoms with Gasteiger partial charge in [0.05, 0.1) is 0 Å². The minimum Gasteiger partial charge on any atom is -0.302 e. The fourth-order valence-electron chi connectivity index (χ4n) is 11.8. The molecule has 71 heavy (non-hydrogen) atoms. The molecule has 0 bridgehead atoms. The average molecular weight is 957 g/mol. The van der Waals surface area contributed by atoms with Gasteiger partial charge in [0, 0.05) is 30.6 Å². The summed E-state index contributed by atoms with van der Waals surface area (Å²) >= 11 is 0. The summed E-state index contributed by atoms with van der Waals surface area (Å²) in [6.07, 6.45) is 5.48. The van der Waals surface area contributed by atoms with Crippen LogP contribution >= 0.6 is 0 Å². The Bertz CT molecular complexity index is 2410. The number of carbonyl (C=O) groups is 6. The van der Waals surface area contributed by atoms with E-state index in [0.29, 0.717) is 56.8 Å². The molecule has 0 heterocycles. The number of unbranched alkanes of at least 4 members (excludes halogenated alkanes) is 1. The number of carbonyl (C=O) groups excluding carboxylic acids is 6. The van der Waals surface area contributed by atoms with E-state index in [-0.39, 0.29) is 64.2 Å². The molecular weight excluding hydrogens is 877 g/mol. The van der Waals surface area contributed by atoms with Gasteiger partial charge in [0.1, 0.15) is 34.1 Å². The highest BCUT2D eigenvalue weighted by Crippen LogP contribution is 2.62. The fraction of sp³-hybridized carbons (Fsp3) is 0.446. The number of benzene rings is 5. The smallest absolute Gasteiger partial charge is 0.152 e. The van der Waals surface area contributed by atoms with Gasteiger partial charge in [-0.25, -0.2) is 0 Å². The Balaban J connectivity index is 2.04. The van der Waals surface area contributed by atoms with E-state index < -0.39 is 62.9 Å². The third-order valence-electron chi connectivity index (χ3n) is 15.2. The lowest BCUT2D eigenvalue weighted by molar-refractivity contribution is -0.187. The first-order chi connectivity index (χ1) is 34.5. The van der Waals surface area contributed by atoms with Gasteiger partial charge < -0.3 is 4.79 Å². The van der Waals surface area contributed by atoms with Gasteiger partial charge in [0.15, 0.2) is 17.3 Å². The van der Waals surface area contributed by atoms with Gasteiger partial charge in [-0.3, -0.25) is 24.0 Å².